The van der Waals surface area contributed by atoms with E-state index in [4.69, 9.17) is 4.74 Å². The van der Waals surface area contributed by atoms with E-state index >= 15 is 0 Å². The van der Waals surface area contributed by atoms with Crippen LogP contribution in [0.25, 0.3) is 11.3 Å². The smallest absolute Gasteiger partial charge is 0.423 e. The number of hydrogen-bond acceptors (Lipinski definition) is 8. The topological polar surface area (TPSA) is 170 Å². The third-order valence-electron chi connectivity index (χ3n) is 5.16. The Kier molecular flexibility index (Phi) is 5.77. The molecule has 0 radical (unpaired) electrons. The lowest BCUT2D eigenvalue weighted by atomic mass is 10.1. The van der Waals surface area contributed by atoms with Gasteiger partial charge < -0.3 is 14.6 Å². The first-order chi connectivity index (χ1) is 16.3. The maximum Gasteiger partial charge on any atom is 0.423 e. The second kappa shape index (κ2) is 8.48. The van der Waals surface area contributed by atoms with Crippen molar-refractivity contribution >= 4 is 5.69 Å². The summed E-state index contributed by atoms with van der Waals surface area (Å²) >= 11 is 0. The predicted molar refractivity (Wildman–Crippen MR) is 108 cm³/mol. The van der Waals surface area contributed by atoms with Gasteiger partial charge in [-0.1, -0.05) is 0 Å². The van der Waals surface area contributed by atoms with Gasteiger partial charge in [-0.2, -0.15) is 18.3 Å². The number of nitrogens with zero attached hydrogens (tertiary/aromatic N) is 3. The summed E-state index contributed by atoms with van der Waals surface area (Å²) in [6.45, 7) is -2.09. The molecule has 186 valence electrons. The Balaban J connectivity index is 1.54. The minimum Gasteiger partial charge on any atom is -0.464 e. The number of aromatic nitrogens is 6. The molecule has 0 aromatic carbocycles. The van der Waals surface area contributed by atoms with Gasteiger partial charge >= 0.3 is 11.9 Å². The minimum atomic E-state index is -4.95. The fourth-order valence-corrected chi connectivity index (χ4v) is 3.41. The van der Waals surface area contributed by atoms with E-state index in [1.165, 1.54) is 0 Å². The summed E-state index contributed by atoms with van der Waals surface area (Å²) in [6, 6.07) is 0.411. The average molecular weight is 503 g/mol. The zero-order chi connectivity index (χ0) is 25.5. The molecular weight excluding hydrogens is 489 g/mol. The Bertz CT molecular complexity index is 1490. The molecule has 3 aromatic heterocycles. The van der Waals surface area contributed by atoms with Crippen LogP contribution < -0.4 is 32.0 Å². The molecule has 1 aliphatic rings. The van der Waals surface area contributed by atoms with Crippen LogP contribution in [0.3, 0.4) is 0 Å². The average Bonchev–Trinajstić information content (AvgIpc) is 3.06. The minimum absolute atomic E-state index is 0.105. The number of anilines is 1. The van der Waals surface area contributed by atoms with Crippen molar-refractivity contribution in [1.29, 1.82) is 0 Å². The van der Waals surface area contributed by atoms with E-state index in [1.807, 2.05) is 4.98 Å². The van der Waals surface area contributed by atoms with Crippen molar-refractivity contribution in [2.24, 2.45) is 5.92 Å². The largest absolute Gasteiger partial charge is 0.464 e. The van der Waals surface area contributed by atoms with Gasteiger partial charge in [0.25, 0.3) is 28.6 Å². The van der Waals surface area contributed by atoms with Crippen LogP contribution in [0.15, 0.2) is 37.6 Å². The first-order valence-electron chi connectivity index (χ1n) is 9.69. The van der Waals surface area contributed by atoms with E-state index in [0.29, 0.717) is 0 Å². The molecule has 1 unspecified atom stereocenters. The van der Waals surface area contributed by atoms with Crippen molar-refractivity contribution in [1.82, 2.24) is 30.1 Å². The Morgan fingerprint density at radius 2 is 1.86 bits per heavy atom. The number of rotatable bonds is 5. The molecule has 0 amide bonds. The van der Waals surface area contributed by atoms with Crippen LogP contribution >= 0.6 is 0 Å². The Labute approximate surface area is 188 Å². The molecule has 3 aromatic rings. The maximum absolute atomic E-state index is 14.6. The van der Waals surface area contributed by atoms with Crippen molar-refractivity contribution in [3.8, 4) is 17.3 Å². The fourth-order valence-electron chi connectivity index (χ4n) is 3.41. The first kappa shape index (κ1) is 23.8. The number of nitrogens with one attached hydrogen (secondary N) is 4. The highest BCUT2D eigenvalue weighted by atomic mass is 19.4. The van der Waals surface area contributed by atoms with Gasteiger partial charge in [-0.15, -0.1) is 0 Å². The normalized spacial score (nSPS) is 17.5. The van der Waals surface area contributed by atoms with Crippen molar-refractivity contribution in [2.45, 2.75) is 12.1 Å². The third-order valence-corrected chi connectivity index (χ3v) is 5.16. The number of alkyl halides is 5. The molecule has 1 fully saturated rings. The molecular formula is C18H14F5N7O5. The first-order valence-corrected chi connectivity index (χ1v) is 9.69. The van der Waals surface area contributed by atoms with Gasteiger partial charge in [0.2, 0.25) is 0 Å². The van der Waals surface area contributed by atoms with E-state index in [9.17, 15) is 41.1 Å². The van der Waals surface area contributed by atoms with E-state index in [2.05, 4.69) is 20.2 Å². The van der Waals surface area contributed by atoms with Crippen molar-refractivity contribution in [3.05, 3.63) is 65.6 Å². The second-order valence-electron chi connectivity index (χ2n) is 7.53. The summed E-state index contributed by atoms with van der Waals surface area (Å²) < 4.78 is 72.2. The second-order valence-corrected chi connectivity index (χ2v) is 7.53. The number of hydrogen-bond donors (Lipinski definition) is 4. The molecule has 0 bridgehead atoms. The van der Waals surface area contributed by atoms with Gasteiger partial charge in [0.15, 0.2) is 0 Å². The lowest BCUT2D eigenvalue weighted by molar-refractivity contribution is -0.139. The van der Waals surface area contributed by atoms with Crippen LogP contribution in [-0.2, 0) is 6.18 Å². The zero-order valence-electron chi connectivity index (χ0n) is 17.2. The van der Waals surface area contributed by atoms with Gasteiger partial charge in [0.05, 0.1) is 29.9 Å². The van der Waals surface area contributed by atoms with E-state index in [-0.39, 0.29) is 23.1 Å². The van der Waals surface area contributed by atoms with Gasteiger partial charge in [-0.3, -0.25) is 24.4 Å². The van der Waals surface area contributed by atoms with Crippen molar-refractivity contribution in [2.75, 3.05) is 24.6 Å². The standard InChI is InChI=1S/C18H14F5N7O5/c19-17(20)6-30(4-7(17)5-35-16-25-3-9(13(32)27-16)18(21,22)23)11-1-10(28-29-14(11)33)8-2-24-15(34)26-12(8)31/h1-3,7H,4-6H2,(H,29,33)(H,25,27,32)(H2,24,26,31,34). The van der Waals surface area contributed by atoms with Gasteiger partial charge in [-0.05, 0) is 6.07 Å². The number of halogens is 5. The van der Waals surface area contributed by atoms with Crippen LogP contribution in [0, 0.1) is 5.92 Å². The molecule has 4 N–H and O–H groups in total. The lowest BCUT2D eigenvalue weighted by Gasteiger charge is -2.17. The van der Waals surface area contributed by atoms with Crippen molar-refractivity contribution < 1.29 is 26.7 Å². The van der Waals surface area contributed by atoms with E-state index < -0.39 is 71.7 Å². The summed E-state index contributed by atoms with van der Waals surface area (Å²) in [5.74, 6) is -4.94. The van der Waals surface area contributed by atoms with Crippen molar-refractivity contribution in [3.63, 3.8) is 0 Å². The molecule has 0 spiro atoms. The molecule has 17 heteroatoms. The number of ether oxygens (including phenoxy) is 1. The lowest BCUT2D eigenvalue weighted by Crippen LogP contribution is -2.32. The SMILES string of the molecule is O=c1[nH]cc(-c2cc(N3CC(COc4ncc(C(F)(F)F)c(=O)[nH]4)C(F)(F)C3)c(=O)[nH]n2)c(=O)[nH]1. The summed E-state index contributed by atoms with van der Waals surface area (Å²) in [6.07, 6.45) is -3.68. The summed E-state index contributed by atoms with van der Waals surface area (Å²) in [7, 11) is 0. The van der Waals surface area contributed by atoms with E-state index in [0.717, 1.165) is 17.2 Å². The molecule has 0 aliphatic carbocycles. The Morgan fingerprint density at radius 3 is 2.51 bits per heavy atom. The van der Waals surface area contributed by atoms with Gasteiger partial charge in [0, 0.05) is 12.7 Å². The molecule has 4 heterocycles. The van der Waals surface area contributed by atoms with Crippen LogP contribution in [0.4, 0.5) is 27.6 Å². The monoisotopic (exact) mass is 503 g/mol. The molecule has 1 aliphatic heterocycles. The highest BCUT2D eigenvalue weighted by molar-refractivity contribution is 5.62. The Morgan fingerprint density at radius 1 is 1.11 bits per heavy atom. The highest BCUT2D eigenvalue weighted by Crippen LogP contribution is 2.35. The zero-order valence-corrected chi connectivity index (χ0v) is 17.2. The van der Waals surface area contributed by atoms with Crippen LogP contribution in [-0.4, -0.2) is 55.8 Å². The third kappa shape index (κ3) is 4.82. The molecule has 0 saturated carbocycles. The summed E-state index contributed by atoms with van der Waals surface area (Å²) in [5, 5.41) is 5.79. The molecule has 35 heavy (non-hydrogen) atoms. The number of H-pyrrole nitrogens is 4. The van der Waals surface area contributed by atoms with E-state index in [1.54, 1.807) is 4.98 Å². The molecule has 1 atom stereocenters. The quantitative estimate of drug-likeness (QED) is 0.355. The molecule has 4 rings (SSSR count). The summed E-state index contributed by atoms with van der Waals surface area (Å²) in [5.41, 5.74) is -6.04. The number of aromatic amines is 4. The van der Waals surface area contributed by atoms with Gasteiger partial charge in [-0.25, -0.2) is 23.7 Å². The predicted octanol–water partition coefficient (Wildman–Crippen LogP) is 0.0661. The Hall–Kier alpha value is -4.31. The van der Waals surface area contributed by atoms with Crippen LogP contribution in [0.1, 0.15) is 5.56 Å². The molecule has 1 saturated heterocycles. The maximum atomic E-state index is 14.6. The highest BCUT2D eigenvalue weighted by Gasteiger charge is 2.49. The summed E-state index contributed by atoms with van der Waals surface area (Å²) in [4.78, 5) is 57.2. The van der Waals surface area contributed by atoms with Crippen LogP contribution in [0.2, 0.25) is 0 Å². The van der Waals surface area contributed by atoms with Crippen LogP contribution in [0.5, 0.6) is 6.01 Å². The van der Waals surface area contributed by atoms with Gasteiger partial charge in [0.1, 0.15) is 17.9 Å². The fraction of sp³-hybridized carbons (Fsp3) is 0.333. The molecule has 12 nitrogen and oxygen atoms in total.